The summed E-state index contributed by atoms with van der Waals surface area (Å²) in [5.41, 5.74) is -1.22. The number of methoxy groups -OCH3 is 1. The van der Waals surface area contributed by atoms with Gasteiger partial charge in [-0.3, -0.25) is 14.5 Å². The number of anilines is 1. The minimum Gasteiger partial charge on any atom is -0.507 e. The summed E-state index contributed by atoms with van der Waals surface area (Å²) in [6.07, 6.45) is -4.71. The Morgan fingerprint density at radius 2 is 1.71 bits per heavy atom. The fraction of sp³-hybridized carbons (Fsp3) is 0.154. The van der Waals surface area contributed by atoms with Crippen LogP contribution in [-0.2, 0) is 15.8 Å². The van der Waals surface area contributed by atoms with Crippen LogP contribution in [0.2, 0.25) is 0 Å². The van der Waals surface area contributed by atoms with Gasteiger partial charge in [0.05, 0.1) is 24.3 Å². The van der Waals surface area contributed by atoms with Gasteiger partial charge in [-0.2, -0.15) is 13.2 Å². The lowest BCUT2D eigenvalue weighted by molar-refractivity contribution is -0.137. The van der Waals surface area contributed by atoms with Gasteiger partial charge in [-0.15, -0.1) is 0 Å². The van der Waals surface area contributed by atoms with Crippen molar-refractivity contribution >= 4 is 23.1 Å². The van der Waals surface area contributed by atoms with E-state index in [1.807, 2.05) is 0 Å². The van der Waals surface area contributed by atoms with E-state index in [1.54, 1.807) is 13.0 Å². The lowest BCUT2D eigenvalue weighted by atomic mass is 9.93. The summed E-state index contributed by atoms with van der Waals surface area (Å²) in [4.78, 5) is 27.0. The molecule has 0 aliphatic carbocycles. The van der Waals surface area contributed by atoms with Crippen LogP contribution in [0.1, 0.15) is 28.3 Å². The number of amides is 1. The number of Topliss-reactive ketones (excluding diaryl/α,β-unsaturated/α-hetero) is 1. The summed E-state index contributed by atoms with van der Waals surface area (Å²) in [7, 11) is 1.45. The number of aliphatic hydroxyl groups is 1. The van der Waals surface area contributed by atoms with Crippen molar-refractivity contribution < 1.29 is 37.0 Å². The quantitative estimate of drug-likeness (QED) is 0.220. The first-order valence-corrected chi connectivity index (χ1v) is 10.4. The van der Waals surface area contributed by atoms with Crippen molar-refractivity contribution in [2.45, 2.75) is 19.1 Å². The Kier molecular flexibility index (Phi) is 6.10. The van der Waals surface area contributed by atoms with Crippen molar-refractivity contribution in [3.05, 3.63) is 100 Å². The minimum absolute atomic E-state index is 0.156. The molecule has 35 heavy (non-hydrogen) atoms. The van der Waals surface area contributed by atoms with E-state index < -0.39 is 46.6 Å². The van der Waals surface area contributed by atoms with Crippen LogP contribution in [0.25, 0.3) is 5.76 Å². The van der Waals surface area contributed by atoms with Crippen molar-refractivity contribution in [1.29, 1.82) is 0 Å². The zero-order valence-corrected chi connectivity index (χ0v) is 18.6. The van der Waals surface area contributed by atoms with Crippen LogP contribution in [0.15, 0.2) is 72.3 Å². The molecule has 3 aromatic rings. The van der Waals surface area contributed by atoms with Gasteiger partial charge >= 0.3 is 6.18 Å². The SMILES string of the molecule is COc1ccc(/C(O)=C2\C(=O)C(=O)N(c3cccc(C(F)(F)F)c3)C2c2ccccc2F)c(C)c1. The van der Waals surface area contributed by atoms with Crippen LogP contribution >= 0.6 is 0 Å². The average Bonchev–Trinajstić information content (AvgIpc) is 3.08. The first-order chi connectivity index (χ1) is 16.5. The monoisotopic (exact) mass is 485 g/mol. The molecule has 1 aliphatic rings. The zero-order valence-electron chi connectivity index (χ0n) is 18.6. The molecule has 1 amide bonds. The summed E-state index contributed by atoms with van der Waals surface area (Å²) in [6, 6.07) is 12.2. The van der Waals surface area contributed by atoms with E-state index in [4.69, 9.17) is 4.74 Å². The van der Waals surface area contributed by atoms with Crippen LogP contribution in [0, 0.1) is 12.7 Å². The van der Waals surface area contributed by atoms with E-state index in [1.165, 1.54) is 43.5 Å². The summed E-state index contributed by atoms with van der Waals surface area (Å²) < 4.78 is 60.1. The van der Waals surface area contributed by atoms with Gasteiger partial charge in [0.1, 0.15) is 17.3 Å². The van der Waals surface area contributed by atoms with Crippen LogP contribution in [0.5, 0.6) is 5.75 Å². The molecule has 3 aromatic carbocycles. The Morgan fingerprint density at radius 3 is 2.34 bits per heavy atom. The number of ketones is 1. The number of hydrogen-bond donors (Lipinski definition) is 1. The first kappa shape index (κ1) is 24.0. The molecule has 1 unspecified atom stereocenters. The third-order valence-corrected chi connectivity index (χ3v) is 5.78. The molecule has 1 fully saturated rings. The Hall–Kier alpha value is -4.14. The van der Waals surface area contributed by atoms with Crippen molar-refractivity contribution in [1.82, 2.24) is 0 Å². The Balaban J connectivity index is 1.98. The second kappa shape index (κ2) is 8.90. The molecular weight excluding hydrogens is 466 g/mol. The van der Waals surface area contributed by atoms with Crippen molar-refractivity contribution in [3.63, 3.8) is 0 Å². The topological polar surface area (TPSA) is 66.8 Å². The molecule has 5 nitrogen and oxygen atoms in total. The number of ether oxygens (including phenoxy) is 1. The van der Waals surface area contributed by atoms with E-state index in [0.717, 1.165) is 23.1 Å². The number of aryl methyl sites for hydroxylation is 1. The number of rotatable bonds is 4. The highest BCUT2D eigenvalue weighted by molar-refractivity contribution is 6.51. The minimum atomic E-state index is -4.71. The first-order valence-electron chi connectivity index (χ1n) is 10.4. The van der Waals surface area contributed by atoms with Gasteiger partial charge in [0.15, 0.2) is 0 Å². The van der Waals surface area contributed by atoms with E-state index in [2.05, 4.69) is 0 Å². The van der Waals surface area contributed by atoms with Gasteiger partial charge in [-0.05, 0) is 55.0 Å². The Labute approximate surface area is 197 Å². The van der Waals surface area contributed by atoms with Gasteiger partial charge in [-0.25, -0.2) is 4.39 Å². The normalized spacial score (nSPS) is 17.7. The third-order valence-electron chi connectivity index (χ3n) is 5.78. The maximum absolute atomic E-state index is 14.9. The summed E-state index contributed by atoms with van der Waals surface area (Å²) in [5.74, 6) is -3.23. The average molecular weight is 485 g/mol. The van der Waals surface area contributed by atoms with E-state index >= 15 is 0 Å². The van der Waals surface area contributed by atoms with Crippen LogP contribution < -0.4 is 9.64 Å². The lowest BCUT2D eigenvalue weighted by Gasteiger charge is -2.26. The van der Waals surface area contributed by atoms with Crippen LogP contribution in [0.3, 0.4) is 0 Å². The molecule has 1 N–H and O–H groups in total. The highest BCUT2D eigenvalue weighted by atomic mass is 19.4. The molecule has 0 saturated carbocycles. The van der Waals surface area contributed by atoms with E-state index in [0.29, 0.717) is 17.4 Å². The number of alkyl halides is 3. The molecule has 0 spiro atoms. The lowest BCUT2D eigenvalue weighted by Crippen LogP contribution is -2.30. The number of aliphatic hydroxyl groups excluding tert-OH is 1. The van der Waals surface area contributed by atoms with Crippen LogP contribution in [0.4, 0.5) is 23.2 Å². The highest BCUT2D eigenvalue weighted by Crippen LogP contribution is 2.44. The third kappa shape index (κ3) is 4.25. The van der Waals surface area contributed by atoms with Gasteiger partial charge in [0.25, 0.3) is 11.7 Å². The maximum atomic E-state index is 14.9. The molecule has 1 atom stereocenters. The molecule has 4 rings (SSSR count). The number of carbonyl (C=O) groups is 2. The molecule has 1 aliphatic heterocycles. The molecule has 9 heteroatoms. The fourth-order valence-electron chi connectivity index (χ4n) is 4.10. The summed E-state index contributed by atoms with van der Waals surface area (Å²) in [5, 5.41) is 11.2. The fourth-order valence-corrected chi connectivity index (χ4v) is 4.10. The van der Waals surface area contributed by atoms with Crippen molar-refractivity contribution in [2.75, 3.05) is 12.0 Å². The zero-order chi connectivity index (χ0) is 25.5. The second-order valence-corrected chi connectivity index (χ2v) is 7.92. The standard InChI is InChI=1S/C26H19F4NO4/c1-14-12-17(35-2)10-11-18(14)23(32)21-22(19-8-3-4-9-20(19)27)31(25(34)24(21)33)16-7-5-6-15(13-16)26(28,29)30/h3-13,22,32H,1-2H3/b23-21+. The number of nitrogens with zero attached hydrogens (tertiary/aromatic N) is 1. The molecule has 1 heterocycles. The van der Waals surface area contributed by atoms with Crippen molar-refractivity contribution in [3.8, 4) is 5.75 Å². The number of carbonyl (C=O) groups excluding carboxylic acids is 2. The van der Waals surface area contributed by atoms with E-state index in [9.17, 15) is 32.3 Å². The highest BCUT2D eigenvalue weighted by Gasteiger charge is 2.48. The smallest absolute Gasteiger partial charge is 0.416 e. The van der Waals surface area contributed by atoms with E-state index in [-0.39, 0.29) is 16.8 Å². The predicted molar refractivity (Wildman–Crippen MR) is 120 cm³/mol. The van der Waals surface area contributed by atoms with Crippen molar-refractivity contribution in [2.24, 2.45) is 0 Å². The molecule has 1 saturated heterocycles. The molecule has 0 bridgehead atoms. The largest absolute Gasteiger partial charge is 0.507 e. The predicted octanol–water partition coefficient (Wildman–Crippen LogP) is 5.79. The molecule has 180 valence electrons. The Morgan fingerprint density at radius 1 is 1.00 bits per heavy atom. The summed E-state index contributed by atoms with van der Waals surface area (Å²) >= 11 is 0. The number of halogens is 4. The van der Waals surface area contributed by atoms with Gasteiger partial charge < -0.3 is 9.84 Å². The van der Waals surface area contributed by atoms with Crippen LogP contribution in [-0.4, -0.2) is 23.9 Å². The molecular formula is C26H19F4NO4. The Bertz CT molecular complexity index is 1360. The molecule has 0 aromatic heterocycles. The second-order valence-electron chi connectivity index (χ2n) is 7.92. The number of hydrogen-bond acceptors (Lipinski definition) is 4. The molecule has 0 radical (unpaired) electrons. The summed E-state index contributed by atoms with van der Waals surface area (Å²) in [6.45, 7) is 1.64. The van der Waals surface area contributed by atoms with Gasteiger partial charge in [-0.1, -0.05) is 24.3 Å². The number of benzene rings is 3. The van der Waals surface area contributed by atoms with Gasteiger partial charge in [0, 0.05) is 16.8 Å². The van der Waals surface area contributed by atoms with Gasteiger partial charge in [0.2, 0.25) is 0 Å². The maximum Gasteiger partial charge on any atom is 0.416 e.